The normalized spacial score (nSPS) is 14.3. The molecular formula is C28H35ClN4O6S. The number of amides is 1. The summed E-state index contributed by atoms with van der Waals surface area (Å²) in [5.74, 6) is 0.194. The zero-order chi connectivity index (χ0) is 28.5. The Kier molecular flexibility index (Phi) is 10.6. The van der Waals surface area contributed by atoms with E-state index in [2.05, 4.69) is 9.88 Å². The summed E-state index contributed by atoms with van der Waals surface area (Å²) >= 11 is 6.25. The van der Waals surface area contributed by atoms with Crippen molar-refractivity contribution in [1.82, 2.24) is 19.4 Å². The SMILES string of the molecule is COCCn1c(CN(CCN2CCOCC2)C(=O)c2ccc(OC)cc2)cnc1S(=O)(=O)Cc1ccccc1Cl. The van der Waals surface area contributed by atoms with Gasteiger partial charge in [-0.2, -0.15) is 0 Å². The minimum Gasteiger partial charge on any atom is -0.497 e. The fourth-order valence-corrected chi connectivity index (χ4v) is 6.35. The van der Waals surface area contributed by atoms with Crippen LogP contribution in [0.5, 0.6) is 5.75 Å². The van der Waals surface area contributed by atoms with Crippen LogP contribution in [0.4, 0.5) is 0 Å². The molecule has 2 heterocycles. The molecule has 0 radical (unpaired) electrons. The van der Waals surface area contributed by atoms with Gasteiger partial charge in [0.25, 0.3) is 5.91 Å². The Morgan fingerprint density at radius 3 is 2.48 bits per heavy atom. The maximum absolute atomic E-state index is 13.7. The quantitative estimate of drug-likeness (QED) is 0.299. The molecule has 216 valence electrons. The van der Waals surface area contributed by atoms with E-state index in [0.29, 0.717) is 53.9 Å². The minimum atomic E-state index is -3.85. The lowest BCUT2D eigenvalue weighted by Crippen LogP contribution is -2.43. The van der Waals surface area contributed by atoms with Crippen molar-refractivity contribution in [3.8, 4) is 5.75 Å². The second kappa shape index (κ2) is 14.1. The van der Waals surface area contributed by atoms with E-state index in [1.54, 1.807) is 72.2 Å². The highest BCUT2D eigenvalue weighted by atomic mass is 35.5. The molecule has 3 aromatic rings. The van der Waals surface area contributed by atoms with Crippen molar-refractivity contribution >= 4 is 27.3 Å². The number of carbonyl (C=O) groups is 1. The average molecular weight is 591 g/mol. The predicted octanol–water partition coefficient (Wildman–Crippen LogP) is 3.14. The first kappa shape index (κ1) is 30.0. The van der Waals surface area contributed by atoms with E-state index in [9.17, 15) is 13.2 Å². The fraction of sp³-hybridized carbons (Fsp3) is 0.429. The van der Waals surface area contributed by atoms with Gasteiger partial charge in [0, 0.05) is 50.4 Å². The topological polar surface area (TPSA) is 103 Å². The Balaban J connectivity index is 1.63. The zero-order valence-electron chi connectivity index (χ0n) is 22.8. The standard InChI is InChI=1S/C28H35ClN4O6S/c1-37-16-15-33-24(19-30-28(33)40(35,36)21-23-5-3-4-6-26(23)29)20-32(12-11-31-13-17-39-18-14-31)27(34)22-7-9-25(38-2)10-8-22/h3-10,19H,11-18,20-21H2,1-2H3. The van der Waals surface area contributed by atoms with Crippen LogP contribution in [0, 0.1) is 0 Å². The predicted molar refractivity (Wildman–Crippen MR) is 151 cm³/mol. The number of nitrogens with zero attached hydrogens (tertiary/aromatic N) is 4. The molecule has 0 N–H and O–H groups in total. The van der Waals surface area contributed by atoms with E-state index < -0.39 is 9.84 Å². The van der Waals surface area contributed by atoms with Crippen LogP contribution in [0.25, 0.3) is 0 Å². The number of carbonyl (C=O) groups excluding carboxylic acids is 1. The van der Waals surface area contributed by atoms with Gasteiger partial charge in [0.05, 0.1) is 51.1 Å². The Hall–Kier alpha value is -2.96. The summed E-state index contributed by atoms with van der Waals surface area (Å²) in [6.07, 6.45) is 1.53. The van der Waals surface area contributed by atoms with Crippen LogP contribution < -0.4 is 4.74 Å². The van der Waals surface area contributed by atoms with Crippen molar-refractivity contribution in [3.63, 3.8) is 0 Å². The monoisotopic (exact) mass is 590 g/mol. The van der Waals surface area contributed by atoms with E-state index in [0.717, 1.165) is 13.1 Å². The lowest BCUT2D eigenvalue weighted by Gasteiger charge is -2.30. The summed E-state index contributed by atoms with van der Waals surface area (Å²) in [6.45, 7) is 4.72. The van der Waals surface area contributed by atoms with Gasteiger partial charge in [0.1, 0.15) is 5.75 Å². The first-order valence-electron chi connectivity index (χ1n) is 13.1. The number of halogens is 1. The lowest BCUT2D eigenvalue weighted by molar-refractivity contribution is 0.0319. The molecule has 1 aliphatic rings. The Bertz CT molecular complexity index is 1370. The molecule has 2 aromatic carbocycles. The molecule has 0 spiro atoms. The summed E-state index contributed by atoms with van der Waals surface area (Å²) in [4.78, 5) is 22.0. The summed E-state index contributed by atoms with van der Waals surface area (Å²) < 4.78 is 44.6. The second-order valence-corrected chi connectivity index (χ2v) is 11.7. The minimum absolute atomic E-state index is 0.0792. The van der Waals surface area contributed by atoms with Crippen LogP contribution in [-0.2, 0) is 38.2 Å². The van der Waals surface area contributed by atoms with Gasteiger partial charge in [-0.05, 0) is 35.9 Å². The molecule has 0 bridgehead atoms. The van der Waals surface area contributed by atoms with Crippen LogP contribution in [0.3, 0.4) is 0 Å². The first-order valence-corrected chi connectivity index (χ1v) is 15.1. The number of aromatic nitrogens is 2. The molecule has 0 atom stereocenters. The molecule has 0 aliphatic carbocycles. The van der Waals surface area contributed by atoms with Crippen LogP contribution in [-0.4, -0.2) is 93.9 Å². The summed E-state index contributed by atoms with van der Waals surface area (Å²) in [7, 11) is -0.724. The Morgan fingerprint density at radius 1 is 1.07 bits per heavy atom. The highest BCUT2D eigenvalue weighted by Gasteiger charge is 2.27. The van der Waals surface area contributed by atoms with Crippen molar-refractivity contribution in [2.75, 3.05) is 60.2 Å². The highest BCUT2D eigenvalue weighted by molar-refractivity contribution is 7.90. The van der Waals surface area contributed by atoms with Gasteiger partial charge < -0.3 is 23.7 Å². The molecule has 4 rings (SSSR count). The molecule has 12 heteroatoms. The van der Waals surface area contributed by atoms with Gasteiger partial charge in [0.2, 0.25) is 15.0 Å². The van der Waals surface area contributed by atoms with Gasteiger partial charge in [-0.25, -0.2) is 13.4 Å². The molecular weight excluding hydrogens is 556 g/mol. The molecule has 1 fully saturated rings. The van der Waals surface area contributed by atoms with Gasteiger partial charge >= 0.3 is 0 Å². The third-order valence-electron chi connectivity index (χ3n) is 6.77. The maximum atomic E-state index is 13.7. The number of imidazole rings is 1. The lowest BCUT2D eigenvalue weighted by atomic mass is 10.2. The highest BCUT2D eigenvalue weighted by Crippen LogP contribution is 2.23. The number of benzene rings is 2. The molecule has 0 unspecified atom stereocenters. The molecule has 10 nitrogen and oxygen atoms in total. The van der Waals surface area contributed by atoms with Crippen LogP contribution >= 0.6 is 11.6 Å². The Morgan fingerprint density at radius 2 is 1.80 bits per heavy atom. The van der Waals surface area contributed by atoms with Crippen molar-refractivity contribution in [2.45, 2.75) is 24.0 Å². The molecule has 1 saturated heterocycles. The van der Waals surface area contributed by atoms with Gasteiger partial charge in [-0.1, -0.05) is 29.8 Å². The van der Waals surface area contributed by atoms with Crippen molar-refractivity contribution < 1.29 is 27.4 Å². The number of hydrogen-bond donors (Lipinski definition) is 0. The molecule has 40 heavy (non-hydrogen) atoms. The number of hydrogen-bond acceptors (Lipinski definition) is 8. The van der Waals surface area contributed by atoms with E-state index in [-0.39, 0.29) is 36.5 Å². The third kappa shape index (κ3) is 7.61. The number of ether oxygens (including phenoxy) is 3. The maximum Gasteiger partial charge on any atom is 0.254 e. The summed E-state index contributed by atoms with van der Waals surface area (Å²) in [6, 6.07) is 13.8. The molecule has 1 aromatic heterocycles. The summed E-state index contributed by atoms with van der Waals surface area (Å²) in [5, 5.41) is 0.296. The fourth-order valence-electron chi connectivity index (χ4n) is 4.52. The first-order chi connectivity index (χ1) is 19.3. The van der Waals surface area contributed by atoms with E-state index in [4.69, 9.17) is 25.8 Å². The largest absolute Gasteiger partial charge is 0.497 e. The Labute approximate surface area is 240 Å². The average Bonchev–Trinajstić information content (AvgIpc) is 3.38. The van der Waals surface area contributed by atoms with Gasteiger partial charge in [-0.15, -0.1) is 0 Å². The molecule has 1 aliphatic heterocycles. The van der Waals surface area contributed by atoms with Gasteiger partial charge in [-0.3, -0.25) is 9.69 Å². The van der Waals surface area contributed by atoms with Gasteiger partial charge in [0.15, 0.2) is 0 Å². The van der Waals surface area contributed by atoms with Crippen molar-refractivity contribution in [1.29, 1.82) is 0 Å². The van der Waals surface area contributed by atoms with Crippen molar-refractivity contribution in [3.05, 3.63) is 76.6 Å². The number of morpholine rings is 1. The smallest absolute Gasteiger partial charge is 0.254 e. The molecule has 1 amide bonds. The van der Waals surface area contributed by atoms with Crippen LogP contribution in [0.15, 0.2) is 59.9 Å². The zero-order valence-corrected chi connectivity index (χ0v) is 24.4. The van der Waals surface area contributed by atoms with E-state index >= 15 is 0 Å². The van der Waals surface area contributed by atoms with E-state index in [1.807, 2.05) is 0 Å². The molecule has 0 saturated carbocycles. The van der Waals surface area contributed by atoms with Crippen LogP contribution in [0.2, 0.25) is 5.02 Å². The second-order valence-electron chi connectivity index (χ2n) is 9.44. The number of sulfone groups is 1. The third-order valence-corrected chi connectivity index (χ3v) is 8.71. The van der Waals surface area contributed by atoms with E-state index in [1.165, 1.54) is 6.20 Å². The summed E-state index contributed by atoms with van der Waals surface area (Å²) in [5.41, 5.74) is 1.60. The number of methoxy groups -OCH3 is 2. The van der Waals surface area contributed by atoms with Crippen LogP contribution in [0.1, 0.15) is 21.6 Å². The number of rotatable bonds is 13. The van der Waals surface area contributed by atoms with Crippen molar-refractivity contribution in [2.24, 2.45) is 0 Å².